The van der Waals surface area contributed by atoms with Crippen LogP contribution in [0.2, 0.25) is 0 Å². The van der Waals surface area contributed by atoms with Gasteiger partial charge in [-0.05, 0) is 11.1 Å². The fourth-order valence-corrected chi connectivity index (χ4v) is 2.45. The van der Waals surface area contributed by atoms with Crippen LogP contribution in [0, 0.1) is 0 Å². The van der Waals surface area contributed by atoms with E-state index in [2.05, 4.69) is 15.9 Å². The average molecular weight is 327 g/mol. The fraction of sp³-hybridized carbons (Fsp3) is 0.200. The van der Waals surface area contributed by atoms with E-state index in [1.54, 1.807) is 36.4 Å². The second kappa shape index (κ2) is 5.39. The average Bonchev–Trinajstić information content (AvgIpc) is 2.48. The van der Waals surface area contributed by atoms with Gasteiger partial charge in [0.2, 0.25) is 0 Å². The molecule has 2 aromatic rings. The molecule has 0 aliphatic heterocycles. The maximum absolute atomic E-state index is 14.3. The van der Waals surface area contributed by atoms with Gasteiger partial charge in [-0.2, -0.15) is 0 Å². The van der Waals surface area contributed by atoms with Crippen molar-refractivity contribution in [2.45, 2.75) is 11.5 Å². The highest BCUT2D eigenvalue weighted by atomic mass is 79.9. The molecule has 1 N–H and O–H groups in total. The third kappa shape index (κ3) is 2.42. The second-order valence-corrected chi connectivity index (χ2v) is 4.84. The Kier molecular flexibility index (Phi) is 4.02. The molecule has 0 spiro atoms. The predicted octanol–water partition coefficient (Wildman–Crippen LogP) is 3.95. The van der Waals surface area contributed by atoms with Gasteiger partial charge in [-0.1, -0.05) is 76.6 Å². The Balaban J connectivity index is 2.65. The van der Waals surface area contributed by atoms with Crippen LogP contribution in [0.5, 0.6) is 0 Å². The third-order valence-corrected chi connectivity index (χ3v) is 3.78. The Morgan fingerprint density at radius 2 is 1.21 bits per heavy atom. The summed E-state index contributed by atoms with van der Waals surface area (Å²) in [5.41, 5.74) is -2.00. The van der Waals surface area contributed by atoms with Gasteiger partial charge in [0, 0.05) is 0 Å². The van der Waals surface area contributed by atoms with Gasteiger partial charge in [-0.3, -0.25) is 0 Å². The molecule has 2 rings (SSSR count). The third-order valence-electron chi connectivity index (χ3n) is 3.08. The lowest BCUT2D eigenvalue weighted by atomic mass is 9.81. The van der Waals surface area contributed by atoms with Crippen LogP contribution in [-0.4, -0.2) is 16.4 Å². The number of hydrogen-bond donors (Lipinski definition) is 1. The first kappa shape index (κ1) is 14.2. The minimum atomic E-state index is -3.32. The SMILES string of the molecule is OC(c1ccccc1)(c1ccccc1)C(F)(F)CBr. The molecular formula is C15H13BrF2O. The summed E-state index contributed by atoms with van der Waals surface area (Å²) in [6.07, 6.45) is 0. The lowest BCUT2D eigenvalue weighted by Crippen LogP contribution is -2.47. The van der Waals surface area contributed by atoms with Crippen molar-refractivity contribution in [3.05, 3.63) is 71.8 Å². The zero-order valence-electron chi connectivity index (χ0n) is 10.1. The smallest absolute Gasteiger partial charge is 0.293 e. The molecule has 19 heavy (non-hydrogen) atoms. The van der Waals surface area contributed by atoms with Gasteiger partial charge in [0.05, 0.1) is 5.33 Å². The summed E-state index contributed by atoms with van der Waals surface area (Å²) in [6, 6.07) is 16.0. The summed E-state index contributed by atoms with van der Waals surface area (Å²) < 4.78 is 28.6. The molecule has 4 heteroatoms. The van der Waals surface area contributed by atoms with Crippen LogP contribution in [0.25, 0.3) is 0 Å². The van der Waals surface area contributed by atoms with E-state index in [1.807, 2.05) is 0 Å². The summed E-state index contributed by atoms with van der Waals surface area (Å²) >= 11 is 2.79. The van der Waals surface area contributed by atoms with Crippen LogP contribution >= 0.6 is 15.9 Å². The zero-order chi connectivity index (χ0) is 13.9. The molecule has 0 aliphatic rings. The summed E-state index contributed by atoms with van der Waals surface area (Å²) in [6.45, 7) is 0. The van der Waals surface area contributed by atoms with E-state index in [0.717, 1.165) is 0 Å². The number of halogens is 3. The van der Waals surface area contributed by atoms with E-state index < -0.39 is 16.9 Å². The minimum Gasteiger partial charge on any atom is -0.374 e. The molecule has 0 radical (unpaired) electrons. The molecule has 0 aliphatic carbocycles. The van der Waals surface area contributed by atoms with Gasteiger partial charge >= 0.3 is 0 Å². The Labute approximate surface area is 119 Å². The molecule has 0 saturated carbocycles. The molecule has 0 aromatic heterocycles. The van der Waals surface area contributed by atoms with Gasteiger partial charge in [-0.15, -0.1) is 0 Å². The summed E-state index contributed by atoms with van der Waals surface area (Å²) in [5.74, 6) is -3.32. The van der Waals surface area contributed by atoms with Crippen LogP contribution in [0.4, 0.5) is 8.78 Å². The van der Waals surface area contributed by atoms with Crippen molar-refractivity contribution in [2.75, 3.05) is 5.33 Å². The van der Waals surface area contributed by atoms with E-state index in [-0.39, 0.29) is 11.1 Å². The van der Waals surface area contributed by atoms with E-state index in [0.29, 0.717) is 0 Å². The number of alkyl halides is 3. The monoisotopic (exact) mass is 326 g/mol. The highest BCUT2D eigenvalue weighted by Crippen LogP contribution is 2.43. The van der Waals surface area contributed by atoms with Gasteiger partial charge < -0.3 is 5.11 Å². The molecule has 100 valence electrons. The van der Waals surface area contributed by atoms with Crippen molar-refractivity contribution in [2.24, 2.45) is 0 Å². The number of aliphatic hydroxyl groups is 1. The number of hydrogen-bond acceptors (Lipinski definition) is 1. The van der Waals surface area contributed by atoms with Crippen molar-refractivity contribution in [1.29, 1.82) is 0 Å². The van der Waals surface area contributed by atoms with E-state index in [9.17, 15) is 13.9 Å². The Hall–Kier alpha value is -1.26. The number of benzene rings is 2. The quantitative estimate of drug-likeness (QED) is 0.843. The molecule has 0 heterocycles. The number of rotatable bonds is 4. The normalized spacial score (nSPS) is 12.4. The lowest BCUT2D eigenvalue weighted by molar-refractivity contribution is -0.146. The van der Waals surface area contributed by atoms with Crippen LogP contribution in [-0.2, 0) is 5.60 Å². The first-order valence-electron chi connectivity index (χ1n) is 5.79. The van der Waals surface area contributed by atoms with Crippen molar-refractivity contribution in [3.63, 3.8) is 0 Å². The second-order valence-electron chi connectivity index (χ2n) is 4.28. The molecule has 0 saturated heterocycles. The highest BCUT2D eigenvalue weighted by molar-refractivity contribution is 9.09. The first-order chi connectivity index (χ1) is 9.02. The van der Waals surface area contributed by atoms with Crippen molar-refractivity contribution < 1.29 is 13.9 Å². The molecule has 2 aromatic carbocycles. The molecule has 0 unspecified atom stereocenters. The van der Waals surface area contributed by atoms with Crippen molar-refractivity contribution >= 4 is 15.9 Å². The summed E-state index contributed by atoms with van der Waals surface area (Å²) in [7, 11) is 0. The maximum Gasteiger partial charge on any atom is 0.293 e. The lowest BCUT2D eigenvalue weighted by Gasteiger charge is -2.35. The Morgan fingerprint density at radius 1 is 0.842 bits per heavy atom. The maximum atomic E-state index is 14.3. The van der Waals surface area contributed by atoms with Crippen molar-refractivity contribution in [1.82, 2.24) is 0 Å². The topological polar surface area (TPSA) is 20.2 Å². The fourth-order valence-electron chi connectivity index (χ4n) is 2.04. The highest BCUT2D eigenvalue weighted by Gasteiger charge is 2.54. The Bertz CT molecular complexity index is 489. The summed E-state index contributed by atoms with van der Waals surface area (Å²) in [4.78, 5) is 0. The summed E-state index contributed by atoms with van der Waals surface area (Å²) in [5, 5.41) is 10.1. The van der Waals surface area contributed by atoms with Crippen molar-refractivity contribution in [3.8, 4) is 0 Å². The van der Waals surface area contributed by atoms with Gasteiger partial charge in [0.1, 0.15) is 0 Å². The van der Waals surface area contributed by atoms with E-state index >= 15 is 0 Å². The van der Waals surface area contributed by atoms with Crippen LogP contribution in [0.3, 0.4) is 0 Å². The largest absolute Gasteiger partial charge is 0.374 e. The molecule has 0 bridgehead atoms. The van der Waals surface area contributed by atoms with Gasteiger partial charge in [0.15, 0.2) is 5.60 Å². The van der Waals surface area contributed by atoms with Crippen LogP contribution in [0.1, 0.15) is 11.1 Å². The van der Waals surface area contributed by atoms with Crippen LogP contribution in [0.15, 0.2) is 60.7 Å². The predicted molar refractivity (Wildman–Crippen MR) is 74.6 cm³/mol. The molecule has 0 fully saturated rings. The standard InChI is InChI=1S/C15H13BrF2O/c16-11-14(17,18)15(19,12-7-3-1-4-8-12)13-9-5-2-6-10-13/h1-10,19H,11H2. The van der Waals surface area contributed by atoms with Gasteiger partial charge in [0.25, 0.3) is 5.92 Å². The van der Waals surface area contributed by atoms with E-state index in [1.165, 1.54) is 24.3 Å². The van der Waals surface area contributed by atoms with E-state index in [4.69, 9.17) is 0 Å². The molecule has 1 nitrogen and oxygen atoms in total. The zero-order valence-corrected chi connectivity index (χ0v) is 11.6. The van der Waals surface area contributed by atoms with Crippen LogP contribution < -0.4 is 0 Å². The Morgan fingerprint density at radius 3 is 1.53 bits per heavy atom. The molecule has 0 amide bonds. The first-order valence-corrected chi connectivity index (χ1v) is 6.92. The minimum absolute atomic E-state index is 0.172. The molecule has 0 atom stereocenters. The van der Waals surface area contributed by atoms with Gasteiger partial charge in [-0.25, -0.2) is 8.78 Å². The molecular weight excluding hydrogens is 314 g/mol.